The topological polar surface area (TPSA) is 24.9 Å². The van der Waals surface area contributed by atoms with E-state index in [0.717, 1.165) is 6.54 Å². The van der Waals surface area contributed by atoms with Gasteiger partial charge in [0.05, 0.1) is 5.51 Å². The van der Waals surface area contributed by atoms with Gasteiger partial charge in [0, 0.05) is 23.7 Å². The molecule has 2 nitrogen and oxygen atoms in total. The molecule has 0 saturated heterocycles. The number of aromatic nitrogens is 1. The first-order valence-electron chi connectivity index (χ1n) is 7.09. The van der Waals surface area contributed by atoms with Crippen LogP contribution in [0, 0.1) is 0 Å². The molecule has 0 fully saturated rings. The lowest BCUT2D eigenvalue weighted by Crippen LogP contribution is -2.17. The molecule has 3 aromatic rings. The van der Waals surface area contributed by atoms with Gasteiger partial charge in [-0.3, -0.25) is 4.98 Å². The summed E-state index contributed by atoms with van der Waals surface area (Å²) >= 11 is 1.69. The van der Waals surface area contributed by atoms with E-state index in [1.807, 2.05) is 17.8 Å². The molecule has 1 heterocycles. The second kappa shape index (κ2) is 6.66. The number of hydrogen-bond donors (Lipinski definition) is 1. The van der Waals surface area contributed by atoms with Crippen molar-refractivity contribution in [1.29, 1.82) is 0 Å². The Hall–Kier alpha value is -1.97. The fourth-order valence-corrected chi connectivity index (χ4v) is 2.84. The van der Waals surface area contributed by atoms with Gasteiger partial charge in [0.15, 0.2) is 0 Å². The molecule has 3 rings (SSSR count). The molecule has 2 aromatic carbocycles. The molecule has 0 aliphatic carbocycles. The molecule has 1 N–H and O–H groups in total. The number of hydrogen-bond acceptors (Lipinski definition) is 3. The van der Waals surface area contributed by atoms with Crippen LogP contribution < -0.4 is 5.32 Å². The summed E-state index contributed by atoms with van der Waals surface area (Å²) in [6.45, 7) is 3.06. The van der Waals surface area contributed by atoms with E-state index < -0.39 is 0 Å². The van der Waals surface area contributed by atoms with Gasteiger partial charge in [0.2, 0.25) is 0 Å². The van der Waals surface area contributed by atoms with Crippen LogP contribution >= 0.6 is 11.3 Å². The highest BCUT2D eigenvalue weighted by Crippen LogP contribution is 2.22. The van der Waals surface area contributed by atoms with Gasteiger partial charge in [-0.25, -0.2) is 0 Å². The minimum atomic E-state index is 0.330. The fourth-order valence-electron chi connectivity index (χ4n) is 2.30. The maximum absolute atomic E-state index is 4.10. The van der Waals surface area contributed by atoms with Crippen LogP contribution in [0.5, 0.6) is 0 Å². The highest BCUT2D eigenvalue weighted by Gasteiger charge is 2.06. The number of rotatable bonds is 5. The summed E-state index contributed by atoms with van der Waals surface area (Å²) in [5, 5.41) is 3.53. The predicted molar refractivity (Wildman–Crippen MR) is 89.2 cm³/mol. The van der Waals surface area contributed by atoms with Crippen molar-refractivity contribution in [3.05, 3.63) is 76.7 Å². The predicted octanol–water partition coefficient (Wildman–Crippen LogP) is 4.66. The van der Waals surface area contributed by atoms with Gasteiger partial charge >= 0.3 is 0 Å². The molecule has 0 bridgehead atoms. The molecule has 1 atom stereocenters. The zero-order valence-electron chi connectivity index (χ0n) is 12.0. The van der Waals surface area contributed by atoms with E-state index in [0.29, 0.717) is 6.04 Å². The number of nitrogens with one attached hydrogen (secondary N) is 1. The van der Waals surface area contributed by atoms with Crippen molar-refractivity contribution < 1.29 is 0 Å². The first kappa shape index (κ1) is 14.0. The highest BCUT2D eigenvalue weighted by molar-refractivity contribution is 7.09. The van der Waals surface area contributed by atoms with Crippen LogP contribution in [-0.2, 0) is 6.54 Å². The Labute approximate surface area is 129 Å². The Kier molecular flexibility index (Phi) is 4.43. The number of benzene rings is 2. The van der Waals surface area contributed by atoms with Crippen LogP contribution in [-0.4, -0.2) is 4.98 Å². The van der Waals surface area contributed by atoms with E-state index >= 15 is 0 Å². The van der Waals surface area contributed by atoms with Gasteiger partial charge in [0.1, 0.15) is 0 Å². The quantitative estimate of drug-likeness (QED) is 0.740. The molecule has 21 heavy (non-hydrogen) atoms. The van der Waals surface area contributed by atoms with E-state index in [2.05, 4.69) is 65.8 Å². The van der Waals surface area contributed by atoms with Gasteiger partial charge in [0.25, 0.3) is 0 Å². The first-order valence-corrected chi connectivity index (χ1v) is 7.97. The fraction of sp³-hybridized carbons (Fsp3) is 0.167. The zero-order valence-corrected chi connectivity index (χ0v) is 12.8. The molecule has 1 unspecified atom stereocenters. The van der Waals surface area contributed by atoms with Gasteiger partial charge in [-0.1, -0.05) is 54.6 Å². The largest absolute Gasteiger partial charge is 0.305 e. The zero-order chi connectivity index (χ0) is 14.5. The lowest BCUT2D eigenvalue weighted by atomic mass is 10.0. The van der Waals surface area contributed by atoms with Crippen molar-refractivity contribution in [2.45, 2.75) is 19.5 Å². The third-order valence-corrected chi connectivity index (χ3v) is 4.36. The normalized spacial score (nSPS) is 12.2. The van der Waals surface area contributed by atoms with Gasteiger partial charge in [-0.05, 0) is 23.6 Å². The van der Waals surface area contributed by atoms with Crippen molar-refractivity contribution in [1.82, 2.24) is 10.3 Å². The third-order valence-electron chi connectivity index (χ3n) is 3.58. The molecule has 0 amide bonds. The summed E-state index contributed by atoms with van der Waals surface area (Å²) in [6, 6.07) is 19.6. The molecular formula is C18H18N2S. The van der Waals surface area contributed by atoms with E-state index in [9.17, 15) is 0 Å². The van der Waals surface area contributed by atoms with E-state index in [4.69, 9.17) is 0 Å². The Balaban J connectivity index is 1.66. The van der Waals surface area contributed by atoms with Crippen molar-refractivity contribution in [3.63, 3.8) is 0 Å². The second-order valence-electron chi connectivity index (χ2n) is 5.06. The van der Waals surface area contributed by atoms with Crippen LogP contribution in [0.1, 0.15) is 23.4 Å². The molecule has 0 aliphatic heterocycles. The summed E-state index contributed by atoms with van der Waals surface area (Å²) in [7, 11) is 0. The molecule has 0 aliphatic rings. The Morgan fingerprint density at radius 3 is 2.38 bits per heavy atom. The molecule has 106 valence electrons. The monoisotopic (exact) mass is 294 g/mol. The Morgan fingerprint density at radius 1 is 1.00 bits per heavy atom. The smallest absolute Gasteiger partial charge is 0.0794 e. The van der Waals surface area contributed by atoms with Crippen molar-refractivity contribution in [2.75, 3.05) is 0 Å². The van der Waals surface area contributed by atoms with E-state index in [-0.39, 0.29) is 0 Å². The van der Waals surface area contributed by atoms with Crippen molar-refractivity contribution in [3.8, 4) is 11.1 Å². The molecule has 1 aromatic heterocycles. The van der Waals surface area contributed by atoms with Crippen LogP contribution in [0.25, 0.3) is 11.1 Å². The van der Waals surface area contributed by atoms with E-state index in [1.165, 1.54) is 21.6 Å². The maximum atomic E-state index is 4.10. The van der Waals surface area contributed by atoms with E-state index in [1.54, 1.807) is 11.3 Å². The molecule has 0 spiro atoms. The van der Waals surface area contributed by atoms with Crippen molar-refractivity contribution in [2.24, 2.45) is 0 Å². The summed E-state index contributed by atoms with van der Waals surface area (Å²) in [4.78, 5) is 5.36. The molecule has 0 saturated carbocycles. The van der Waals surface area contributed by atoms with Gasteiger partial charge in [-0.15, -0.1) is 11.3 Å². The number of thiazole rings is 1. The highest BCUT2D eigenvalue weighted by atomic mass is 32.1. The minimum absolute atomic E-state index is 0.330. The SMILES string of the molecule is CC(NCc1cncs1)c1ccc(-c2ccccc2)cc1. The minimum Gasteiger partial charge on any atom is -0.305 e. The third kappa shape index (κ3) is 3.57. The lowest BCUT2D eigenvalue weighted by molar-refractivity contribution is 0.578. The maximum Gasteiger partial charge on any atom is 0.0794 e. The average Bonchev–Trinajstić information content (AvgIpc) is 3.07. The van der Waals surface area contributed by atoms with Gasteiger partial charge in [-0.2, -0.15) is 0 Å². The standard InChI is InChI=1S/C18H18N2S/c1-14(20-12-18-11-19-13-21-18)15-7-9-17(10-8-15)16-5-3-2-4-6-16/h2-11,13-14,20H,12H2,1H3. The Bertz CT molecular complexity index is 660. The summed E-state index contributed by atoms with van der Waals surface area (Å²) < 4.78 is 0. The average molecular weight is 294 g/mol. The Morgan fingerprint density at radius 2 is 1.71 bits per heavy atom. The van der Waals surface area contributed by atoms with Crippen LogP contribution in [0.2, 0.25) is 0 Å². The van der Waals surface area contributed by atoms with Crippen LogP contribution in [0.15, 0.2) is 66.3 Å². The number of nitrogens with zero attached hydrogens (tertiary/aromatic N) is 1. The summed E-state index contributed by atoms with van der Waals surface area (Å²) in [6.07, 6.45) is 1.92. The first-order chi connectivity index (χ1) is 10.3. The van der Waals surface area contributed by atoms with Crippen LogP contribution in [0.3, 0.4) is 0 Å². The summed E-state index contributed by atoms with van der Waals surface area (Å²) in [5.41, 5.74) is 5.69. The van der Waals surface area contributed by atoms with Gasteiger partial charge < -0.3 is 5.32 Å². The van der Waals surface area contributed by atoms with Crippen molar-refractivity contribution >= 4 is 11.3 Å². The summed E-state index contributed by atoms with van der Waals surface area (Å²) in [5.74, 6) is 0. The molecule has 0 radical (unpaired) electrons. The molecular weight excluding hydrogens is 276 g/mol. The molecule has 3 heteroatoms. The second-order valence-corrected chi connectivity index (χ2v) is 6.03. The van der Waals surface area contributed by atoms with Crippen LogP contribution in [0.4, 0.5) is 0 Å². The lowest BCUT2D eigenvalue weighted by Gasteiger charge is -2.14.